The van der Waals surface area contributed by atoms with Crippen LogP contribution in [0.25, 0.3) is 0 Å². The van der Waals surface area contributed by atoms with Gasteiger partial charge in [0, 0.05) is 11.1 Å². The lowest BCUT2D eigenvalue weighted by atomic mass is 9.88. The lowest BCUT2D eigenvalue weighted by Gasteiger charge is -2.30. The first-order valence-corrected chi connectivity index (χ1v) is 9.59. The summed E-state index contributed by atoms with van der Waals surface area (Å²) in [6.07, 6.45) is 6.36. The zero-order valence-electron chi connectivity index (χ0n) is 15.0. The van der Waals surface area contributed by atoms with Crippen molar-refractivity contribution < 1.29 is 0 Å². The van der Waals surface area contributed by atoms with E-state index in [1.54, 1.807) is 0 Å². The number of likely N-dealkylation sites (tertiary alicyclic amines) is 1. The van der Waals surface area contributed by atoms with Crippen LogP contribution in [-0.4, -0.2) is 37.6 Å². The Kier molecular flexibility index (Phi) is 7.88. The third-order valence-corrected chi connectivity index (χ3v) is 5.33. The van der Waals surface area contributed by atoms with Crippen molar-refractivity contribution in [2.75, 3.05) is 26.7 Å². The van der Waals surface area contributed by atoms with Crippen LogP contribution in [0.4, 0.5) is 0 Å². The first kappa shape index (κ1) is 18.8. The second-order valence-electron chi connectivity index (χ2n) is 7.54. The fourth-order valence-corrected chi connectivity index (χ4v) is 3.55. The average Bonchev–Trinajstić information content (AvgIpc) is 2.53. The Morgan fingerprint density at radius 2 is 1.74 bits per heavy atom. The van der Waals surface area contributed by atoms with Gasteiger partial charge in [0.25, 0.3) is 0 Å². The Labute approximate surface area is 147 Å². The molecule has 0 saturated carbocycles. The summed E-state index contributed by atoms with van der Waals surface area (Å²) in [6, 6.07) is 9.20. The molecule has 0 radical (unpaired) electrons. The van der Waals surface area contributed by atoms with Gasteiger partial charge in [-0.05, 0) is 81.9 Å². The van der Waals surface area contributed by atoms with E-state index in [2.05, 4.69) is 43.2 Å². The van der Waals surface area contributed by atoms with E-state index in [1.165, 1.54) is 50.8 Å². The van der Waals surface area contributed by atoms with E-state index in [-0.39, 0.29) is 0 Å². The molecular weight excluding hydrogens is 304 g/mol. The van der Waals surface area contributed by atoms with E-state index in [4.69, 9.17) is 11.6 Å². The maximum atomic E-state index is 6.05. The number of nitrogens with one attached hydrogen (secondary N) is 1. The Morgan fingerprint density at radius 1 is 1.09 bits per heavy atom. The van der Waals surface area contributed by atoms with Crippen LogP contribution in [0.5, 0.6) is 0 Å². The molecule has 1 N–H and O–H groups in total. The van der Waals surface area contributed by atoms with Crippen molar-refractivity contribution in [1.29, 1.82) is 0 Å². The smallest absolute Gasteiger partial charge is 0.0406 e. The van der Waals surface area contributed by atoms with E-state index in [0.29, 0.717) is 12.0 Å². The number of piperidine rings is 1. The van der Waals surface area contributed by atoms with Crippen LogP contribution in [0, 0.1) is 5.92 Å². The SMILES string of the molecule is CC(C)CCC(CCNC1CCN(C)CC1)c1ccc(Cl)cc1. The van der Waals surface area contributed by atoms with E-state index >= 15 is 0 Å². The van der Waals surface area contributed by atoms with Crippen molar-refractivity contribution in [2.24, 2.45) is 5.92 Å². The lowest BCUT2D eigenvalue weighted by molar-refractivity contribution is 0.233. The highest BCUT2D eigenvalue weighted by atomic mass is 35.5. The van der Waals surface area contributed by atoms with Crippen molar-refractivity contribution in [3.8, 4) is 0 Å². The molecule has 1 saturated heterocycles. The third kappa shape index (κ3) is 6.82. The van der Waals surface area contributed by atoms with Gasteiger partial charge in [-0.2, -0.15) is 0 Å². The van der Waals surface area contributed by atoms with E-state index in [9.17, 15) is 0 Å². The maximum Gasteiger partial charge on any atom is 0.0406 e. The summed E-state index contributed by atoms with van der Waals surface area (Å²) in [7, 11) is 2.22. The zero-order chi connectivity index (χ0) is 16.7. The topological polar surface area (TPSA) is 15.3 Å². The van der Waals surface area contributed by atoms with Gasteiger partial charge in [-0.25, -0.2) is 0 Å². The van der Waals surface area contributed by atoms with Gasteiger partial charge in [0.2, 0.25) is 0 Å². The standard InChI is InChI=1S/C20H33ClN2/c1-16(2)4-5-18(17-6-8-19(21)9-7-17)10-13-22-20-11-14-23(3)15-12-20/h6-9,16,18,20,22H,4-5,10-15H2,1-3H3. The number of hydrogen-bond acceptors (Lipinski definition) is 2. The molecule has 23 heavy (non-hydrogen) atoms. The summed E-state index contributed by atoms with van der Waals surface area (Å²) in [5, 5.41) is 4.62. The summed E-state index contributed by atoms with van der Waals surface area (Å²) >= 11 is 6.05. The third-order valence-electron chi connectivity index (χ3n) is 5.08. The number of benzene rings is 1. The molecule has 1 unspecified atom stereocenters. The van der Waals surface area contributed by atoms with Crippen molar-refractivity contribution in [2.45, 2.75) is 57.9 Å². The van der Waals surface area contributed by atoms with Crippen LogP contribution in [0.3, 0.4) is 0 Å². The van der Waals surface area contributed by atoms with Gasteiger partial charge in [0.1, 0.15) is 0 Å². The molecule has 1 heterocycles. The van der Waals surface area contributed by atoms with Crippen LogP contribution in [0.1, 0.15) is 57.4 Å². The molecule has 1 fully saturated rings. The van der Waals surface area contributed by atoms with Gasteiger partial charge < -0.3 is 10.2 Å². The monoisotopic (exact) mass is 336 g/mol. The summed E-state index contributed by atoms with van der Waals surface area (Å²) < 4.78 is 0. The van der Waals surface area contributed by atoms with E-state index in [1.807, 2.05) is 12.1 Å². The minimum Gasteiger partial charge on any atom is -0.314 e. The van der Waals surface area contributed by atoms with Crippen LogP contribution >= 0.6 is 11.6 Å². The quantitative estimate of drug-likeness (QED) is 0.723. The largest absolute Gasteiger partial charge is 0.314 e. The Hall–Kier alpha value is -0.570. The molecule has 1 aromatic rings. The van der Waals surface area contributed by atoms with Crippen molar-refractivity contribution in [1.82, 2.24) is 10.2 Å². The van der Waals surface area contributed by atoms with Gasteiger partial charge in [-0.3, -0.25) is 0 Å². The van der Waals surface area contributed by atoms with E-state index < -0.39 is 0 Å². The summed E-state index contributed by atoms with van der Waals surface area (Å²) in [5.74, 6) is 1.42. The van der Waals surface area contributed by atoms with Crippen LogP contribution in [-0.2, 0) is 0 Å². The van der Waals surface area contributed by atoms with Gasteiger partial charge >= 0.3 is 0 Å². The number of rotatable bonds is 8. The molecule has 1 aromatic carbocycles. The fourth-order valence-electron chi connectivity index (χ4n) is 3.42. The number of hydrogen-bond donors (Lipinski definition) is 1. The molecule has 0 bridgehead atoms. The van der Waals surface area contributed by atoms with Crippen molar-refractivity contribution in [3.63, 3.8) is 0 Å². The molecule has 1 aliphatic rings. The Balaban J connectivity index is 1.83. The molecule has 0 aromatic heterocycles. The average molecular weight is 337 g/mol. The van der Waals surface area contributed by atoms with Crippen molar-refractivity contribution >= 4 is 11.6 Å². The summed E-state index contributed by atoms with van der Waals surface area (Å²) in [6.45, 7) is 8.21. The molecule has 2 rings (SSSR count). The molecule has 0 aliphatic carbocycles. The first-order valence-electron chi connectivity index (χ1n) is 9.22. The van der Waals surface area contributed by atoms with Gasteiger partial charge in [0.05, 0.1) is 0 Å². The predicted octanol–water partition coefficient (Wildman–Crippen LogP) is 4.93. The van der Waals surface area contributed by atoms with Crippen molar-refractivity contribution in [3.05, 3.63) is 34.9 Å². The second kappa shape index (κ2) is 9.66. The van der Waals surface area contributed by atoms with Gasteiger partial charge in [-0.15, -0.1) is 0 Å². The number of nitrogens with zero attached hydrogens (tertiary/aromatic N) is 1. The molecule has 0 amide bonds. The molecular formula is C20H33ClN2. The second-order valence-corrected chi connectivity index (χ2v) is 7.98. The molecule has 130 valence electrons. The Bertz CT molecular complexity index is 435. The molecule has 1 atom stereocenters. The highest BCUT2D eigenvalue weighted by molar-refractivity contribution is 6.30. The molecule has 2 nitrogen and oxygen atoms in total. The minimum absolute atomic E-state index is 0.647. The first-order chi connectivity index (χ1) is 11.0. The molecule has 0 spiro atoms. The van der Waals surface area contributed by atoms with Gasteiger partial charge in [0.15, 0.2) is 0 Å². The normalized spacial score (nSPS) is 18.5. The fraction of sp³-hybridized carbons (Fsp3) is 0.700. The lowest BCUT2D eigenvalue weighted by Crippen LogP contribution is -2.41. The highest BCUT2D eigenvalue weighted by Gasteiger charge is 2.17. The van der Waals surface area contributed by atoms with E-state index in [0.717, 1.165) is 17.5 Å². The predicted molar refractivity (Wildman–Crippen MR) is 101 cm³/mol. The van der Waals surface area contributed by atoms with Gasteiger partial charge in [-0.1, -0.05) is 44.0 Å². The zero-order valence-corrected chi connectivity index (χ0v) is 15.8. The minimum atomic E-state index is 0.647. The molecule has 3 heteroatoms. The van der Waals surface area contributed by atoms with Crippen LogP contribution in [0.2, 0.25) is 5.02 Å². The molecule has 1 aliphatic heterocycles. The summed E-state index contributed by atoms with van der Waals surface area (Å²) in [5.41, 5.74) is 1.44. The maximum absolute atomic E-state index is 6.05. The summed E-state index contributed by atoms with van der Waals surface area (Å²) in [4.78, 5) is 2.43. The highest BCUT2D eigenvalue weighted by Crippen LogP contribution is 2.27. The van der Waals surface area contributed by atoms with Crippen LogP contribution < -0.4 is 5.32 Å². The van der Waals surface area contributed by atoms with Crippen LogP contribution in [0.15, 0.2) is 24.3 Å². The number of halogens is 1. The Morgan fingerprint density at radius 3 is 2.35 bits per heavy atom.